The number of carbonyl (C=O) groups excluding carboxylic acids is 1. The first-order valence-electron chi connectivity index (χ1n) is 9.27. The maximum atomic E-state index is 12.9. The lowest BCUT2D eigenvalue weighted by atomic mass is 10.2. The number of nitrogen functional groups attached to an aromatic ring is 2. The van der Waals surface area contributed by atoms with E-state index in [1.54, 1.807) is 18.2 Å². The van der Waals surface area contributed by atoms with E-state index >= 15 is 0 Å². The van der Waals surface area contributed by atoms with E-state index in [0.29, 0.717) is 23.9 Å². The Kier molecular flexibility index (Phi) is 6.93. The molecule has 1 saturated heterocycles. The van der Waals surface area contributed by atoms with Crippen molar-refractivity contribution < 1.29 is 13.2 Å². The molecule has 0 spiro atoms. The molecule has 3 rings (SSSR count). The summed E-state index contributed by atoms with van der Waals surface area (Å²) >= 11 is 1.09. The summed E-state index contributed by atoms with van der Waals surface area (Å²) in [7, 11) is -3.58. The molecule has 156 valence electrons. The number of thioether (sulfide) groups is 1. The van der Waals surface area contributed by atoms with Gasteiger partial charge in [0.2, 0.25) is 15.9 Å². The Morgan fingerprint density at radius 2 is 1.72 bits per heavy atom. The van der Waals surface area contributed by atoms with Gasteiger partial charge in [-0.05, 0) is 31.0 Å². The summed E-state index contributed by atoms with van der Waals surface area (Å²) in [6.07, 6.45) is 3.82. The Morgan fingerprint density at radius 3 is 2.38 bits per heavy atom. The molecule has 1 aromatic heterocycles. The van der Waals surface area contributed by atoms with Crippen LogP contribution in [0.1, 0.15) is 25.7 Å². The number of hydrogen-bond donors (Lipinski definition) is 3. The van der Waals surface area contributed by atoms with Crippen molar-refractivity contribution >= 4 is 45.0 Å². The van der Waals surface area contributed by atoms with Crippen molar-refractivity contribution in [2.75, 3.05) is 35.6 Å². The van der Waals surface area contributed by atoms with Crippen molar-refractivity contribution in [2.24, 2.45) is 0 Å². The van der Waals surface area contributed by atoms with Gasteiger partial charge in [-0.3, -0.25) is 4.79 Å². The largest absolute Gasteiger partial charge is 0.383 e. The average Bonchev–Trinajstić information content (AvgIpc) is 2.96. The van der Waals surface area contributed by atoms with Gasteiger partial charge in [0.1, 0.15) is 11.6 Å². The lowest BCUT2D eigenvalue weighted by Crippen LogP contribution is -2.32. The van der Waals surface area contributed by atoms with E-state index in [4.69, 9.17) is 11.5 Å². The molecule has 2 heterocycles. The first kappa shape index (κ1) is 21.3. The van der Waals surface area contributed by atoms with Crippen LogP contribution in [0.25, 0.3) is 0 Å². The van der Waals surface area contributed by atoms with Crippen LogP contribution in [-0.4, -0.2) is 47.4 Å². The van der Waals surface area contributed by atoms with Crippen molar-refractivity contribution in [1.82, 2.24) is 14.3 Å². The molecule has 1 aliphatic rings. The fourth-order valence-electron chi connectivity index (χ4n) is 3.02. The molecule has 9 nitrogen and oxygen atoms in total. The van der Waals surface area contributed by atoms with Gasteiger partial charge < -0.3 is 16.8 Å². The summed E-state index contributed by atoms with van der Waals surface area (Å²) in [6, 6.07) is 7.74. The number of hydrogen-bond acceptors (Lipinski definition) is 8. The van der Waals surface area contributed by atoms with Crippen LogP contribution in [0.4, 0.5) is 17.3 Å². The van der Waals surface area contributed by atoms with Crippen LogP contribution < -0.4 is 16.8 Å². The van der Waals surface area contributed by atoms with Crippen molar-refractivity contribution in [2.45, 2.75) is 35.7 Å². The van der Waals surface area contributed by atoms with Crippen molar-refractivity contribution in [3.8, 4) is 0 Å². The average molecular weight is 437 g/mol. The Balaban J connectivity index is 1.65. The molecule has 0 radical (unpaired) electrons. The van der Waals surface area contributed by atoms with Crippen LogP contribution in [0.5, 0.6) is 0 Å². The second kappa shape index (κ2) is 9.42. The quantitative estimate of drug-likeness (QED) is 0.460. The normalized spacial score (nSPS) is 15.6. The van der Waals surface area contributed by atoms with Crippen LogP contribution in [0, 0.1) is 0 Å². The van der Waals surface area contributed by atoms with E-state index in [0.717, 1.165) is 37.4 Å². The van der Waals surface area contributed by atoms with Gasteiger partial charge in [-0.25, -0.2) is 18.4 Å². The smallest absolute Gasteiger partial charge is 0.243 e. The first-order chi connectivity index (χ1) is 13.8. The fourth-order valence-corrected chi connectivity index (χ4v) is 5.25. The van der Waals surface area contributed by atoms with E-state index in [2.05, 4.69) is 15.3 Å². The number of nitrogens with one attached hydrogen (secondary N) is 1. The Bertz CT molecular complexity index is 955. The number of nitrogens with zero attached hydrogens (tertiary/aromatic N) is 3. The molecule has 1 fully saturated rings. The molecular formula is C18H24N6O3S2. The highest BCUT2D eigenvalue weighted by Gasteiger charge is 2.25. The van der Waals surface area contributed by atoms with E-state index in [-0.39, 0.29) is 28.2 Å². The molecule has 0 bridgehead atoms. The third kappa shape index (κ3) is 5.81. The Labute approximate surface area is 174 Å². The summed E-state index contributed by atoms with van der Waals surface area (Å²) in [6.45, 7) is 1.05. The van der Waals surface area contributed by atoms with Gasteiger partial charge in [-0.15, -0.1) is 0 Å². The summed E-state index contributed by atoms with van der Waals surface area (Å²) < 4.78 is 27.4. The number of aromatic nitrogens is 2. The summed E-state index contributed by atoms with van der Waals surface area (Å²) in [4.78, 5) is 20.4. The van der Waals surface area contributed by atoms with Gasteiger partial charge in [0.15, 0.2) is 5.16 Å². The van der Waals surface area contributed by atoms with Crippen LogP contribution in [0.15, 0.2) is 40.4 Å². The maximum absolute atomic E-state index is 12.9. The van der Waals surface area contributed by atoms with E-state index in [1.165, 1.54) is 16.4 Å². The zero-order valence-corrected chi connectivity index (χ0v) is 17.5. The molecule has 29 heavy (non-hydrogen) atoms. The Hall–Kier alpha value is -2.37. The molecule has 0 saturated carbocycles. The van der Waals surface area contributed by atoms with Crippen molar-refractivity contribution in [1.29, 1.82) is 0 Å². The van der Waals surface area contributed by atoms with E-state index < -0.39 is 10.0 Å². The third-order valence-corrected chi connectivity index (χ3v) is 7.14. The highest BCUT2D eigenvalue weighted by atomic mass is 32.2. The van der Waals surface area contributed by atoms with Crippen molar-refractivity contribution in [3.05, 3.63) is 30.3 Å². The number of nitrogens with two attached hydrogens (primary N) is 2. The van der Waals surface area contributed by atoms with Crippen LogP contribution in [-0.2, 0) is 14.8 Å². The molecule has 1 aromatic carbocycles. The predicted molar refractivity (Wildman–Crippen MR) is 114 cm³/mol. The SMILES string of the molecule is Nc1cc(N)nc(SCC(=O)Nc2cccc(S(=O)(=O)N3CCCCCC3)c2)n1. The van der Waals surface area contributed by atoms with Gasteiger partial charge in [0.05, 0.1) is 10.6 Å². The minimum absolute atomic E-state index is 0.0337. The molecular weight excluding hydrogens is 412 g/mol. The topological polar surface area (TPSA) is 144 Å². The maximum Gasteiger partial charge on any atom is 0.243 e. The monoisotopic (exact) mass is 436 g/mol. The summed E-state index contributed by atoms with van der Waals surface area (Å²) in [5.41, 5.74) is 11.6. The number of carbonyl (C=O) groups is 1. The molecule has 0 atom stereocenters. The predicted octanol–water partition coefficient (Wildman–Crippen LogP) is 1.94. The summed E-state index contributed by atoms with van der Waals surface area (Å²) in [5.74, 6) is 0.175. The minimum Gasteiger partial charge on any atom is -0.383 e. The summed E-state index contributed by atoms with van der Waals surface area (Å²) in [5, 5.41) is 3.01. The van der Waals surface area contributed by atoms with Gasteiger partial charge in [0.25, 0.3) is 0 Å². The molecule has 0 aliphatic carbocycles. The zero-order chi connectivity index (χ0) is 20.9. The van der Waals surface area contributed by atoms with Gasteiger partial charge in [-0.2, -0.15) is 4.31 Å². The number of rotatable bonds is 6. The number of anilines is 3. The zero-order valence-electron chi connectivity index (χ0n) is 15.9. The van der Waals surface area contributed by atoms with E-state index in [1.807, 2.05) is 0 Å². The molecule has 2 aromatic rings. The molecule has 1 amide bonds. The fraction of sp³-hybridized carbons (Fsp3) is 0.389. The standard InChI is InChI=1S/C18H24N6O3S2/c19-15-11-16(20)23-18(22-15)28-12-17(25)21-13-6-5-7-14(10-13)29(26,27)24-8-3-1-2-4-9-24/h5-7,10-11H,1-4,8-9,12H2,(H,21,25)(H4,19,20,22,23). The highest BCUT2D eigenvalue weighted by molar-refractivity contribution is 7.99. The van der Waals surface area contributed by atoms with Crippen LogP contribution >= 0.6 is 11.8 Å². The first-order valence-corrected chi connectivity index (χ1v) is 11.7. The van der Waals surface area contributed by atoms with Crippen molar-refractivity contribution in [3.63, 3.8) is 0 Å². The number of amides is 1. The number of benzene rings is 1. The van der Waals surface area contributed by atoms with E-state index in [9.17, 15) is 13.2 Å². The second-order valence-electron chi connectivity index (χ2n) is 6.68. The highest BCUT2D eigenvalue weighted by Crippen LogP contribution is 2.23. The van der Waals surface area contributed by atoms with Crippen LogP contribution in [0.2, 0.25) is 0 Å². The molecule has 0 unspecified atom stereocenters. The van der Waals surface area contributed by atoms with Gasteiger partial charge >= 0.3 is 0 Å². The van der Waals surface area contributed by atoms with Gasteiger partial charge in [0, 0.05) is 24.8 Å². The van der Waals surface area contributed by atoms with Gasteiger partial charge in [-0.1, -0.05) is 30.7 Å². The lowest BCUT2D eigenvalue weighted by molar-refractivity contribution is -0.113. The second-order valence-corrected chi connectivity index (χ2v) is 9.56. The third-order valence-electron chi connectivity index (χ3n) is 4.40. The Morgan fingerprint density at radius 1 is 1.07 bits per heavy atom. The van der Waals surface area contributed by atoms with Crippen LogP contribution in [0.3, 0.4) is 0 Å². The molecule has 11 heteroatoms. The molecule has 1 aliphatic heterocycles. The number of sulfonamides is 1. The minimum atomic E-state index is -3.58. The lowest BCUT2D eigenvalue weighted by Gasteiger charge is -2.20. The molecule has 5 N–H and O–H groups in total.